The van der Waals surface area contributed by atoms with Gasteiger partial charge < -0.3 is 29.6 Å². The van der Waals surface area contributed by atoms with Gasteiger partial charge in [-0.25, -0.2) is 4.98 Å². The second kappa shape index (κ2) is 5.49. The van der Waals surface area contributed by atoms with E-state index in [1.807, 2.05) is 0 Å². The number of ether oxygens (including phenoxy) is 3. The van der Waals surface area contributed by atoms with E-state index in [1.54, 1.807) is 24.3 Å². The van der Waals surface area contributed by atoms with Gasteiger partial charge in [0.1, 0.15) is 5.75 Å². The summed E-state index contributed by atoms with van der Waals surface area (Å²) in [6.45, 7) is 0. The van der Waals surface area contributed by atoms with Crippen LogP contribution in [0.2, 0.25) is 0 Å². The molecule has 1 aromatic heterocycles. The molecular formula is C16H13F2N3O4. The Morgan fingerprint density at radius 2 is 2.00 bits per heavy atom. The second-order valence-electron chi connectivity index (χ2n) is 5.39. The lowest BCUT2D eigenvalue weighted by Gasteiger charge is -2.13. The minimum absolute atomic E-state index is 0.0824. The van der Waals surface area contributed by atoms with Crippen LogP contribution in [-0.2, 0) is 0 Å². The Balaban J connectivity index is 1.58. The largest absolute Gasteiger partial charge is 0.586 e. The summed E-state index contributed by atoms with van der Waals surface area (Å²) in [6.07, 6.45) is -4.72. The quantitative estimate of drug-likeness (QED) is 0.628. The van der Waals surface area contributed by atoms with Crippen molar-refractivity contribution < 1.29 is 28.1 Å². The number of aliphatic hydroxyl groups is 1. The van der Waals surface area contributed by atoms with E-state index in [0.29, 0.717) is 22.3 Å². The maximum absolute atomic E-state index is 13.1. The van der Waals surface area contributed by atoms with Crippen LogP contribution >= 0.6 is 0 Å². The van der Waals surface area contributed by atoms with E-state index in [4.69, 9.17) is 4.74 Å². The number of nitrogens with zero attached hydrogens (tertiary/aromatic N) is 1. The Morgan fingerprint density at radius 1 is 1.24 bits per heavy atom. The van der Waals surface area contributed by atoms with Crippen LogP contribution in [0.5, 0.6) is 17.2 Å². The molecule has 4 rings (SSSR count). The normalized spacial score (nSPS) is 16.0. The number of anilines is 1. The molecule has 0 amide bonds. The van der Waals surface area contributed by atoms with Gasteiger partial charge in [-0.05, 0) is 12.1 Å². The molecule has 130 valence electrons. The summed E-state index contributed by atoms with van der Waals surface area (Å²) in [7, 11) is 1.53. The van der Waals surface area contributed by atoms with Crippen molar-refractivity contribution in [3.05, 3.63) is 42.0 Å². The van der Waals surface area contributed by atoms with Crippen LogP contribution < -0.4 is 19.5 Å². The third kappa shape index (κ3) is 2.89. The summed E-state index contributed by atoms with van der Waals surface area (Å²) in [5.74, 6) is 0.695. The maximum Gasteiger partial charge on any atom is 0.586 e. The van der Waals surface area contributed by atoms with Crippen molar-refractivity contribution in [3.63, 3.8) is 0 Å². The van der Waals surface area contributed by atoms with Gasteiger partial charge in [0.15, 0.2) is 17.7 Å². The van der Waals surface area contributed by atoms with Gasteiger partial charge >= 0.3 is 6.29 Å². The van der Waals surface area contributed by atoms with Crippen LogP contribution in [0.4, 0.5) is 14.7 Å². The van der Waals surface area contributed by atoms with Gasteiger partial charge in [0.2, 0.25) is 5.95 Å². The molecule has 0 spiro atoms. The van der Waals surface area contributed by atoms with E-state index in [0.717, 1.165) is 0 Å². The molecule has 1 atom stereocenters. The van der Waals surface area contributed by atoms with Crippen molar-refractivity contribution in [1.82, 2.24) is 9.97 Å². The summed E-state index contributed by atoms with van der Waals surface area (Å²) >= 11 is 0. The lowest BCUT2D eigenvalue weighted by atomic mass is 10.2. The predicted octanol–water partition coefficient (Wildman–Crippen LogP) is 3.00. The molecule has 2 heterocycles. The van der Waals surface area contributed by atoms with Gasteiger partial charge in [-0.1, -0.05) is 12.1 Å². The number of halogens is 2. The maximum atomic E-state index is 13.1. The first-order chi connectivity index (χ1) is 11.9. The van der Waals surface area contributed by atoms with Crippen LogP contribution in [0.1, 0.15) is 11.8 Å². The van der Waals surface area contributed by atoms with E-state index in [9.17, 15) is 13.9 Å². The SMILES string of the molecule is COc1cccc(C(O)Nc2nc3cc4c(cc3[nH]2)OC(F)(F)O4)c1. The number of aromatic nitrogens is 2. The fourth-order valence-corrected chi connectivity index (χ4v) is 2.55. The summed E-state index contributed by atoms with van der Waals surface area (Å²) in [5.41, 5.74) is 1.43. The minimum atomic E-state index is -3.68. The van der Waals surface area contributed by atoms with Crippen LogP contribution in [0.3, 0.4) is 0 Å². The Kier molecular flexibility index (Phi) is 3.39. The van der Waals surface area contributed by atoms with Crippen molar-refractivity contribution >= 4 is 17.0 Å². The van der Waals surface area contributed by atoms with Gasteiger partial charge in [0.05, 0.1) is 18.1 Å². The Morgan fingerprint density at radius 3 is 2.76 bits per heavy atom. The summed E-state index contributed by atoms with van der Waals surface area (Å²) in [4.78, 5) is 7.10. The molecule has 7 nitrogen and oxygen atoms in total. The zero-order valence-corrected chi connectivity index (χ0v) is 12.9. The molecule has 0 bridgehead atoms. The molecule has 1 aliphatic rings. The van der Waals surface area contributed by atoms with E-state index in [1.165, 1.54) is 19.2 Å². The molecular weight excluding hydrogens is 336 g/mol. The monoisotopic (exact) mass is 349 g/mol. The lowest BCUT2D eigenvalue weighted by molar-refractivity contribution is -0.286. The number of alkyl halides is 2. The van der Waals surface area contributed by atoms with E-state index >= 15 is 0 Å². The molecule has 9 heteroatoms. The number of nitrogens with one attached hydrogen (secondary N) is 2. The number of methoxy groups -OCH3 is 1. The van der Waals surface area contributed by atoms with Crippen LogP contribution in [0, 0.1) is 0 Å². The summed E-state index contributed by atoms with van der Waals surface area (Å²) in [5, 5.41) is 13.1. The molecule has 0 radical (unpaired) electrons. The topological polar surface area (TPSA) is 88.6 Å². The number of fused-ring (bicyclic) bond motifs is 2. The highest BCUT2D eigenvalue weighted by atomic mass is 19.3. The van der Waals surface area contributed by atoms with E-state index < -0.39 is 12.5 Å². The number of hydrogen-bond acceptors (Lipinski definition) is 6. The lowest BCUT2D eigenvalue weighted by Crippen LogP contribution is -2.25. The number of aliphatic hydroxyl groups excluding tert-OH is 1. The molecule has 1 unspecified atom stereocenters. The van der Waals surface area contributed by atoms with Crippen molar-refractivity contribution in [1.29, 1.82) is 0 Å². The third-order valence-electron chi connectivity index (χ3n) is 3.69. The first kappa shape index (κ1) is 15.5. The van der Waals surface area contributed by atoms with Crippen molar-refractivity contribution in [2.75, 3.05) is 12.4 Å². The molecule has 1 aliphatic heterocycles. The van der Waals surface area contributed by atoms with E-state index in [-0.39, 0.29) is 17.4 Å². The molecule has 0 saturated carbocycles. The average Bonchev–Trinajstić information content (AvgIpc) is 3.09. The number of aromatic amines is 1. The molecule has 2 aromatic carbocycles. The zero-order chi connectivity index (χ0) is 17.6. The first-order valence-electron chi connectivity index (χ1n) is 7.32. The Bertz CT molecular complexity index is 899. The Hall–Kier alpha value is -3.07. The van der Waals surface area contributed by atoms with Gasteiger partial charge in [0, 0.05) is 17.7 Å². The molecule has 3 N–H and O–H groups in total. The number of H-pyrrole nitrogens is 1. The van der Waals surface area contributed by atoms with Crippen LogP contribution in [0.25, 0.3) is 11.0 Å². The first-order valence-corrected chi connectivity index (χ1v) is 7.32. The minimum Gasteiger partial charge on any atom is -0.497 e. The molecule has 0 saturated heterocycles. The second-order valence-corrected chi connectivity index (χ2v) is 5.39. The van der Waals surface area contributed by atoms with Crippen molar-refractivity contribution in [3.8, 4) is 17.2 Å². The number of benzene rings is 2. The third-order valence-corrected chi connectivity index (χ3v) is 3.69. The summed E-state index contributed by atoms with van der Waals surface area (Å²) < 4.78 is 40.0. The predicted molar refractivity (Wildman–Crippen MR) is 83.9 cm³/mol. The number of rotatable bonds is 4. The smallest absolute Gasteiger partial charge is 0.497 e. The molecule has 25 heavy (non-hydrogen) atoms. The highest BCUT2D eigenvalue weighted by molar-refractivity contribution is 5.82. The molecule has 3 aromatic rings. The van der Waals surface area contributed by atoms with Gasteiger partial charge in [-0.2, -0.15) is 0 Å². The van der Waals surface area contributed by atoms with Crippen LogP contribution in [-0.4, -0.2) is 28.5 Å². The fourth-order valence-electron chi connectivity index (χ4n) is 2.55. The Labute approximate surface area is 140 Å². The van der Waals surface area contributed by atoms with Crippen molar-refractivity contribution in [2.45, 2.75) is 12.5 Å². The highest BCUT2D eigenvalue weighted by Crippen LogP contribution is 2.43. The van der Waals surface area contributed by atoms with Gasteiger partial charge in [0.25, 0.3) is 0 Å². The van der Waals surface area contributed by atoms with E-state index in [2.05, 4.69) is 24.8 Å². The zero-order valence-electron chi connectivity index (χ0n) is 12.9. The van der Waals surface area contributed by atoms with Gasteiger partial charge in [-0.3, -0.25) is 0 Å². The summed E-state index contributed by atoms with van der Waals surface area (Å²) in [6, 6.07) is 9.61. The standard InChI is InChI=1S/C16H13F2N3O4/c1-23-9-4-2-3-8(5-9)14(22)21-15-19-10-6-12-13(7-11(10)20-15)25-16(17,18)24-12/h2-7,14,22H,1H3,(H2,19,20,21). The van der Waals surface area contributed by atoms with Gasteiger partial charge in [-0.15, -0.1) is 8.78 Å². The fraction of sp³-hybridized carbons (Fsp3) is 0.188. The van der Waals surface area contributed by atoms with Crippen LogP contribution in [0.15, 0.2) is 36.4 Å². The molecule has 0 fully saturated rings. The number of imidazole rings is 1. The molecule has 0 aliphatic carbocycles. The number of hydrogen-bond donors (Lipinski definition) is 3. The highest BCUT2D eigenvalue weighted by Gasteiger charge is 2.43. The average molecular weight is 349 g/mol. The van der Waals surface area contributed by atoms with Crippen molar-refractivity contribution in [2.24, 2.45) is 0 Å².